The number of hydrogen-bond acceptors (Lipinski definition) is 3. The first-order valence-electron chi connectivity index (χ1n) is 6.56. The number of halogens is 4. The topological polar surface area (TPSA) is 72.2 Å². The Morgan fingerprint density at radius 3 is 2.32 bits per heavy atom. The van der Waals surface area contributed by atoms with Crippen LogP contribution >= 0.6 is 11.6 Å². The first kappa shape index (κ1) is 19.2. The fourth-order valence-corrected chi connectivity index (χ4v) is 3.75. The second kappa shape index (κ2) is 7.16. The van der Waals surface area contributed by atoms with Crippen molar-refractivity contribution in [3.8, 4) is 0 Å². The molecule has 1 aromatic carbocycles. The Morgan fingerprint density at radius 1 is 1.32 bits per heavy atom. The highest BCUT2D eigenvalue weighted by molar-refractivity contribution is 7.89. The first-order chi connectivity index (χ1) is 9.97. The van der Waals surface area contributed by atoms with Crippen LogP contribution in [-0.2, 0) is 16.2 Å². The summed E-state index contributed by atoms with van der Waals surface area (Å²) in [6.45, 7) is 3.89. The van der Waals surface area contributed by atoms with E-state index in [1.807, 2.05) is 13.8 Å². The molecule has 0 aliphatic carbocycles. The minimum absolute atomic E-state index is 0.0790. The maximum atomic E-state index is 12.6. The predicted molar refractivity (Wildman–Crippen MR) is 79.1 cm³/mol. The molecule has 126 valence electrons. The van der Waals surface area contributed by atoms with E-state index in [1.165, 1.54) is 0 Å². The van der Waals surface area contributed by atoms with Crippen LogP contribution < -0.4 is 10.5 Å². The van der Waals surface area contributed by atoms with Gasteiger partial charge < -0.3 is 5.73 Å². The van der Waals surface area contributed by atoms with Crippen LogP contribution in [0.25, 0.3) is 0 Å². The van der Waals surface area contributed by atoms with Crippen LogP contribution in [0.1, 0.15) is 25.8 Å². The SMILES string of the molecule is CC(C)C[C@H](CN)NS(=O)(=O)c1ccc(C(F)(F)F)cc1Cl. The molecule has 0 saturated heterocycles. The number of alkyl halides is 3. The molecule has 9 heteroatoms. The average Bonchev–Trinajstić information content (AvgIpc) is 2.35. The molecular weight excluding hydrogens is 341 g/mol. The minimum Gasteiger partial charge on any atom is -0.329 e. The van der Waals surface area contributed by atoms with Crippen LogP contribution in [0, 0.1) is 5.92 Å². The van der Waals surface area contributed by atoms with Crippen LogP contribution in [0.4, 0.5) is 13.2 Å². The molecule has 0 saturated carbocycles. The summed E-state index contributed by atoms with van der Waals surface area (Å²) >= 11 is 5.70. The van der Waals surface area contributed by atoms with Crippen LogP contribution in [0.15, 0.2) is 23.1 Å². The Hall–Kier alpha value is -0.830. The molecule has 0 spiro atoms. The molecule has 4 nitrogen and oxygen atoms in total. The maximum absolute atomic E-state index is 12.6. The number of hydrogen-bond donors (Lipinski definition) is 2. The van der Waals surface area contributed by atoms with Crippen LogP contribution in [-0.4, -0.2) is 21.0 Å². The van der Waals surface area contributed by atoms with E-state index in [1.54, 1.807) is 0 Å². The van der Waals surface area contributed by atoms with Gasteiger partial charge in [-0.15, -0.1) is 0 Å². The van der Waals surface area contributed by atoms with Crippen molar-refractivity contribution in [2.45, 2.75) is 37.4 Å². The molecule has 3 N–H and O–H groups in total. The third-order valence-electron chi connectivity index (χ3n) is 2.91. The molecule has 0 heterocycles. The quantitative estimate of drug-likeness (QED) is 0.821. The number of rotatable bonds is 6. The smallest absolute Gasteiger partial charge is 0.329 e. The maximum Gasteiger partial charge on any atom is 0.416 e. The first-order valence-corrected chi connectivity index (χ1v) is 8.42. The van der Waals surface area contributed by atoms with E-state index in [4.69, 9.17) is 17.3 Å². The van der Waals surface area contributed by atoms with Crippen molar-refractivity contribution in [2.75, 3.05) is 6.54 Å². The molecule has 1 aromatic rings. The van der Waals surface area contributed by atoms with Gasteiger partial charge >= 0.3 is 6.18 Å². The van der Waals surface area contributed by atoms with E-state index in [0.29, 0.717) is 18.6 Å². The summed E-state index contributed by atoms with van der Waals surface area (Å²) in [5, 5.41) is -0.484. The number of nitrogens with two attached hydrogens (primary N) is 1. The minimum atomic E-state index is -4.59. The largest absolute Gasteiger partial charge is 0.416 e. The highest BCUT2D eigenvalue weighted by Gasteiger charge is 2.32. The standard InChI is InChI=1S/C13H18ClF3N2O2S/c1-8(2)5-10(7-18)19-22(20,21)12-4-3-9(6-11(12)14)13(15,16)17/h3-4,6,8,10,19H,5,7,18H2,1-2H3/t10-/m1/s1. The lowest BCUT2D eigenvalue weighted by atomic mass is 10.1. The van der Waals surface area contributed by atoms with Crippen molar-refractivity contribution >= 4 is 21.6 Å². The summed E-state index contributed by atoms with van der Waals surface area (Å²) in [5.41, 5.74) is 4.51. The average molecular weight is 359 g/mol. The van der Waals surface area contributed by atoms with Gasteiger partial charge in [0.05, 0.1) is 10.6 Å². The van der Waals surface area contributed by atoms with Gasteiger partial charge in [0, 0.05) is 12.6 Å². The van der Waals surface area contributed by atoms with Crippen LogP contribution in [0.3, 0.4) is 0 Å². The van der Waals surface area contributed by atoms with Crippen molar-refractivity contribution in [3.63, 3.8) is 0 Å². The molecule has 0 aliphatic rings. The second-order valence-electron chi connectivity index (χ2n) is 5.33. The van der Waals surface area contributed by atoms with Crippen LogP contribution in [0.5, 0.6) is 0 Å². The van der Waals surface area contributed by atoms with E-state index in [0.717, 1.165) is 6.07 Å². The zero-order chi connectivity index (χ0) is 17.1. The van der Waals surface area contributed by atoms with E-state index in [-0.39, 0.29) is 12.5 Å². The third kappa shape index (κ3) is 5.12. The molecule has 0 radical (unpaired) electrons. The van der Waals surface area contributed by atoms with Gasteiger partial charge in [-0.05, 0) is 30.5 Å². The Kier molecular flexibility index (Phi) is 6.26. The van der Waals surface area contributed by atoms with Crippen molar-refractivity contribution in [3.05, 3.63) is 28.8 Å². The summed E-state index contributed by atoms with van der Waals surface area (Å²) in [7, 11) is -4.04. The summed E-state index contributed by atoms with van der Waals surface area (Å²) in [4.78, 5) is -0.399. The molecule has 0 unspecified atom stereocenters. The Morgan fingerprint density at radius 2 is 1.91 bits per heavy atom. The molecular formula is C13H18ClF3N2O2S. The van der Waals surface area contributed by atoms with Gasteiger partial charge in [0.25, 0.3) is 0 Å². The lowest BCUT2D eigenvalue weighted by Crippen LogP contribution is -2.41. The van der Waals surface area contributed by atoms with Crippen molar-refractivity contribution < 1.29 is 21.6 Å². The lowest BCUT2D eigenvalue weighted by molar-refractivity contribution is -0.137. The predicted octanol–water partition coefficient (Wildman–Crippen LogP) is 3.01. The van der Waals surface area contributed by atoms with E-state index in [2.05, 4.69) is 4.72 Å². The van der Waals surface area contributed by atoms with E-state index < -0.39 is 37.7 Å². The highest BCUT2D eigenvalue weighted by Crippen LogP contribution is 2.33. The molecule has 0 fully saturated rings. The number of nitrogens with one attached hydrogen (secondary N) is 1. The summed E-state index contributed by atoms with van der Waals surface area (Å²) in [6, 6.07) is 1.61. The second-order valence-corrected chi connectivity index (χ2v) is 7.42. The zero-order valence-electron chi connectivity index (χ0n) is 12.1. The number of sulfonamides is 1. The summed E-state index contributed by atoms with van der Waals surface area (Å²) < 4.78 is 64.5. The zero-order valence-corrected chi connectivity index (χ0v) is 13.7. The van der Waals surface area contributed by atoms with Gasteiger partial charge in [0.1, 0.15) is 4.90 Å². The molecule has 1 atom stereocenters. The monoisotopic (exact) mass is 358 g/mol. The van der Waals surface area contributed by atoms with E-state index >= 15 is 0 Å². The molecule has 0 bridgehead atoms. The normalized spacial score (nSPS) is 14.4. The molecule has 22 heavy (non-hydrogen) atoms. The van der Waals surface area contributed by atoms with Crippen molar-refractivity contribution in [1.29, 1.82) is 0 Å². The lowest BCUT2D eigenvalue weighted by Gasteiger charge is -2.19. The number of benzene rings is 1. The molecule has 0 aromatic heterocycles. The van der Waals surface area contributed by atoms with Gasteiger partial charge in [-0.1, -0.05) is 25.4 Å². The Balaban J connectivity index is 3.08. The van der Waals surface area contributed by atoms with Gasteiger partial charge in [-0.3, -0.25) is 0 Å². The molecule has 0 aliphatic heterocycles. The Bertz CT molecular complexity index is 618. The van der Waals surface area contributed by atoms with Crippen LogP contribution in [0.2, 0.25) is 5.02 Å². The van der Waals surface area contributed by atoms with Gasteiger partial charge in [-0.2, -0.15) is 13.2 Å². The molecule has 1 rings (SSSR count). The highest BCUT2D eigenvalue weighted by atomic mass is 35.5. The van der Waals surface area contributed by atoms with Crippen molar-refractivity contribution in [2.24, 2.45) is 11.7 Å². The summed E-state index contributed by atoms with van der Waals surface area (Å²) in [6.07, 6.45) is -4.08. The van der Waals surface area contributed by atoms with Gasteiger partial charge in [-0.25, -0.2) is 13.1 Å². The molecule has 0 amide bonds. The van der Waals surface area contributed by atoms with Gasteiger partial charge in [0.15, 0.2) is 0 Å². The van der Waals surface area contributed by atoms with Gasteiger partial charge in [0.2, 0.25) is 10.0 Å². The fourth-order valence-electron chi connectivity index (χ4n) is 1.94. The van der Waals surface area contributed by atoms with E-state index in [9.17, 15) is 21.6 Å². The Labute approximate surface area is 132 Å². The third-order valence-corrected chi connectivity index (χ3v) is 4.91. The fraction of sp³-hybridized carbons (Fsp3) is 0.538. The summed E-state index contributed by atoms with van der Waals surface area (Å²) in [5.74, 6) is 0.208. The van der Waals surface area contributed by atoms with Crippen molar-refractivity contribution in [1.82, 2.24) is 4.72 Å².